The predicted molar refractivity (Wildman–Crippen MR) is 62.6 cm³/mol. The topological polar surface area (TPSA) is 66.2 Å². The number of nitriles is 1. The lowest BCUT2D eigenvalue weighted by Gasteiger charge is -2.30. The summed E-state index contributed by atoms with van der Waals surface area (Å²) in [5, 5.41) is 8.59. The normalized spacial score (nSPS) is 14.7. The zero-order valence-electron chi connectivity index (χ0n) is 9.89. The Hall–Kier alpha value is -1.31. The Bertz CT molecular complexity index is 329. The molecule has 0 fully saturated rings. The van der Waals surface area contributed by atoms with Crippen molar-refractivity contribution in [1.29, 1.82) is 5.26 Å². The van der Waals surface area contributed by atoms with Crippen LogP contribution in [0, 0.1) is 11.3 Å². The molecule has 0 aliphatic carbocycles. The molecule has 1 aromatic heterocycles. The fourth-order valence-electron chi connectivity index (χ4n) is 1.80. The molecule has 0 radical (unpaired) electrons. The largest absolute Gasteiger partial charge is 0.468 e. The van der Waals surface area contributed by atoms with Gasteiger partial charge >= 0.3 is 0 Å². The van der Waals surface area contributed by atoms with E-state index in [1.807, 2.05) is 19.2 Å². The van der Waals surface area contributed by atoms with Crippen molar-refractivity contribution in [2.75, 3.05) is 13.6 Å². The van der Waals surface area contributed by atoms with Crippen LogP contribution in [0.2, 0.25) is 0 Å². The van der Waals surface area contributed by atoms with E-state index in [0.717, 1.165) is 12.2 Å². The Morgan fingerprint density at radius 1 is 1.62 bits per heavy atom. The van der Waals surface area contributed by atoms with E-state index in [0.29, 0.717) is 13.0 Å². The van der Waals surface area contributed by atoms with Gasteiger partial charge in [0, 0.05) is 19.0 Å². The molecule has 16 heavy (non-hydrogen) atoms. The summed E-state index contributed by atoms with van der Waals surface area (Å²) in [6.45, 7) is 2.76. The summed E-state index contributed by atoms with van der Waals surface area (Å²) >= 11 is 0. The Labute approximate surface area is 96.6 Å². The Balaban J connectivity index is 2.76. The molecule has 0 saturated heterocycles. The van der Waals surface area contributed by atoms with E-state index in [1.165, 1.54) is 0 Å². The summed E-state index contributed by atoms with van der Waals surface area (Å²) in [4.78, 5) is 2.08. The van der Waals surface area contributed by atoms with Crippen molar-refractivity contribution in [3.8, 4) is 6.07 Å². The first-order valence-electron chi connectivity index (χ1n) is 5.56. The number of hydrogen-bond acceptors (Lipinski definition) is 4. The van der Waals surface area contributed by atoms with Gasteiger partial charge in [-0.3, -0.25) is 4.90 Å². The highest BCUT2D eigenvalue weighted by Gasteiger charge is 2.24. The van der Waals surface area contributed by atoms with E-state index in [-0.39, 0.29) is 12.1 Å². The molecule has 2 N–H and O–H groups in total. The van der Waals surface area contributed by atoms with Crippen LogP contribution < -0.4 is 5.73 Å². The van der Waals surface area contributed by atoms with E-state index in [1.54, 1.807) is 6.26 Å². The molecular formula is C12H19N3O. The third-order valence-corrected chi connectivity index (χ3v) is 2.76. The highest BCUT2D eigenvalue weighted by atomic mass is 16.3. The molecule has 2 atom stereocenters. The monoisotopic (exact) mass is 221 g/mol. The van der Waals surface area contributed by atoms with E-state index in [2.05, 4.69) is 17.9 Å². The van der Waals surface area contributed by atoms with Gasteiger partial charge in [0.05, 0.1) is 18.4 Å². The van der Waals surface area contributed by atoms with Crippen LogP contribution in [0.4, 0.5) is 0 Å². The van der Waals surface area contributed by atoms with Gasteiger partial charge in [0.2, 0.25) is 0 Å². The molecule has 88 valence electrons. The second kappa shape index (κ2) is 6.31. The summed E-state index contributed by atoms with van der Waals surface area (Å²) in [7, 11) is 1.97. The minimum atomic E-state index is 0.0230. The lowest BCUT2D eigenvalue weighted by atomic mass is 10.0. The highest BCUT2D eigenvalue weighted by molar-refractivity contribution is 5.07. The average Bonchev–Trinajstić information content (AvgIpc) is 2.79. The van der Waals surface area contributed by atoms with E-state index < -0.39 is 0 Å². The van der Waals surface area contributed by atoms with E-state index in [4.69, 9.17) is 15.4 Å². The van der Waals surface area contributed by atoms with E-state index in [9.17, 15) is 0 Å². The Morgan fingerprint density at radius 2 is 2.38 bits per heavy atom. The van der Waals surface area contributed by atoms with Gasteiger partial charge in [-0.25, -0.2) is 0 Å². The molecule has 0 spiro atoms. The first-order chi connectivity index (χ1) is 7.70. The number of rotatable bonds is 6. The van der Waals surface area contributed by atoms with E-state index >= 15 is 0 Å². The van der Waals surface area contributed by atoms with Crippen molar-refractivity contribution in [2.24, 2.45) is 5.73 Å². The molecule has 0 aliphatic rings. The van der Waals surface area contributed by atoms with Crippen molar-refractivity contribution in [3.63, 3.8) is 0 Å². The van der Waals surface area contributed by atoms with Gasteiger partial charge in [-0.2, -0.15) is 5.26 Å². The van der Waals surface area contributed by atoms with Crippen LogP contribution >= 0.6 is 0 Å². The molecule has 0 aromatic carbocycles. The molecule has 2 unspecified atom stereocenters. The third kappa shape index (κ3) is 3.09. The number of nitrogens with zero attached hydrogens (tertiary/aromatic N) is 2. The summed E-state index contributed by atoms with van der Waals surface area (Å²) in [5.74, 6) is 0.870. The third-order valence-electron chi connectivity index (χ3n) is 2.76. The fraction of sp³-hybridized carbons (Fsp3) is 0.583. The molecule has 4 heteroatoms. The van der Waals surface area contributed by atoms with Crippen LogP contribution in [0.3, 0.4) is 0 Å². The average molecular weight is 221 g/mol. The van der Waals surface area contributed by atoms with Gasteiger partial charge in [-0.05, 0) is 25.6 Å². The van der Waals surface area contributed by atoms with Crippen molar-refractivity contribution in [2.45, 2.75) is 31.8 Å². The SMILES string of the molecule is CCC(N)C(c1ccco1)N(C)CCC#N. The maximum absolute atomic E-state index is 8.59. The molecule has 4 nitrogen and oxygen atoms in total. The Morgan fingerprint density at radius 3 is 2.88 bits per heavy atom. The maximum atomic E-state index is 8.59. The zero-order chi connectivity index (χ0) is 12.0. The van der Waals surface area contributed by atoms with Crippen LogP contribution in [0.5, 0.6) is 0 Å². The van der Waals surface area contributed by atoms with Gasteiger partial charge < -0.3 is 10.2 Å². The second-order valence-electron chi connectivity index (χ2n) is 3.92. The molecule has 0 aliphatic heterocycles. The van der Waals surface area contributed by atoms with Crippen molar-refractivity contribution in [1.82, 2.24) is 4.90 Å². The van der Waals surface area contributed by atoms with Crippen LogP contribution in [0.15, 0.2) is 22.8 Å². The molecule has 0 saturated carbocycles. The summed E-state index contributed by atoms with van der Waals surface area (Å²) in [6, 6.07) is 6.01. The Kier molecular flexibility index (Phi) is 5.03. The second-order valence-corrected chi connectivity index (χ2v) is 3.92. The molecule has 0 amide bonds. The van der Waals surface area contributed by atoms with Gasteiger partial charge in [0.1, 0.15) is 5.76 Å². The molecular weight excluding hydrogens is 202 g/mol. The number of furan rings is 1. The highest BCUT2D eigenvalue weighted by Crippen LogP contribution is 2.24. The minimum absolute atomic E-state index is 0.0230. The molecule has 0 bridgehead atoms. The minimum Gasteiger partial charge on any atom is -0.468 e. The van der Waals surface area contributed by atoms with Gasteiger partial charge in [-0.15, -0.1) is 0 Å². The first kappa shape index (κ1) is 12.8. The lowest BCUT2D eigenvalue weighted by molar-refractivity contribution is 0.186. The maximum Gasteiger partial charge on any atom is 0.122 e. The van der Waals surface area contributed by atoms with Crippen LogP contribution in [-0.4, -0.2) is 24.5 Å². The zero-order valence-corrected chi connectivity index (χ0v) is 9.89. The predicted octanol–water partition coefficient (Wildman–Crippen LogP) is 1.90. The molecule has 1 aromatic rings. The van der Waals surface area contributed by atoms with Gasteiger partial charge in [0.25, 0.3) is 0 Å². The molecule has 1 heterocycles. The number of likely N-dealkylation sites (N-methyl/N-ethyl adjacent to an activating group) is 1. The number of hydrogen-bond donors (Lipinski definition) is 1. The summed E-state index contributed by atoms with van der Waals surface area (Å²) in [6.07, 6.45) is 3.04. The van der Waals surface area contributed by atoms with Crippen LogP contribution in [0.1, 0.15) is 31.6 Å². The number of nitrogens with two attached hydrogens (primary N) is 1. The van der Waals surface area contributed by atoms with Gasteiger partial charge in [0.15, 0.2) is 0 Å². The molecule has 1 rings (SSSR count). The quantitative estimate of drug-likeness (QED) is 0.796. The summed E-state index contributed by atoms with van der Waals surface area (Å²) < 4.78 is 5.42. The van der Waals surface area contributed by atoms with Gasteiger partial charge in [-0.1, -0.05) is 6.92 Å². The van der Waals surface area contributed by atoms with Crippen molar-refractivity contribution >= 4 is 0 Å². The first-order valence-corrected chi connectivity index (χ1v) is 5.56. The standard InChI is InChI=1S/C12H19N3O/c1-3-10(14)12(11-6-4-9-16-11)15(2)8-5-7-13/h4,6,9-10,12H,3,5,8,14H2,1-2H3. The van der Waals surface area contributed by atoms with Crippen LogP contribution in [-0.2, 0) is 0 Å². The smallest absolute Gasteiger partial charge is 0.122 e. The lowest BCUT2D eigenvalue weighted by Crippen LogP contribution is -2.39. The van der Waals surface area contributed by atoms with Crippen LogP contribution in [0.25, 0.3) is 0 Å². The van der Waals surface area contributed by atoms with Crippen molar-refractivity contribution in [3.05, 3.63) is 24.2 Å². The summed E-state index contributed by atoms with van der Waals surface area (Å²) in [5.41, 5.74) is 6.10. The van der Waals surface area contributed by atoms with Crippen molar-refractivity contribution < 1.29 is 4.42 Å². The fourth-order valence-corrected chi connectivity index (χ4v) is 1.80.